The Kier molecular flexibility index (Phi) is 4.88. The topological polar surface area (TPSA) is 116 Å². The molecular formula is C19H17N9S. The van der Waals surface area contributed by atoms with Crippen molar-refractivity contribution >= 4 is 44.7 Å². The van der Waals surface area contributed by atoms with E-state index in [1.54, 1.807) is 14.1 Å². The minimum atomic E-state index is 0.316. The van der Waals surface area contributed by atoms with Crippen LogP contribution in [0.5, 0.6) is 0 Å². The number of nitrogens with one attached hydrogen (secondary N) is 2. The monoisotopic (exact) mass is 403 g/mol. The smallest absolute Gasteiger partial charge is 0.213 e. The van der Waals surface area contributed by atoms with Crippen molar-refractivity contribution in [2.45, 2.75) is 6.92 Å². The second-order valence-electron chi connectivity index (χ2n) is 6.09. The van der Waals surface area contributed by atoms with Gasteiger partial charge < -0.3 is 10.6 Å². The quantitative estimate of drug-likeness (QED) is 0.472. The number of aromatic nitrogens is 4. The fraction of sp³-hybridized carbons (Fsp3) is 0.158. The first kappa shape index (κ1) is 18.5. The highest BCUT2D eigenvalue weighted by molar-refractivity contribution is 7.20. The van der Waals surface area contributed by atoms with E-state index >= 15 is 0 Å². The van der Waals surface area contributed by atoms with Crippen LogP contribution in [0.15, 0.2) is 46.8 Å². The van der Waals surface area contributed by atoms with Crippen LogP contribution in [0, 0.1) is 18.3 Å². The molecule has 0 aliphatic rings. The standard InChI is InChI=1S/C19H17N9S/c1-11-8-15(21-2)25-17(22-3)16(11)26-27-18-12(9-20)10-23-28(18)19-24-13-6-4-5-7-14(13)29-19/h4-8,10H,1-3H3,(H2,21,22,25)/b27-26+. The maximum absolute atomic E-state index is 9.48. The van der Waals surface area contributed by atoms with Crippen molar-refractivity contribution in [2.24, 2.45) is 10.2 Å². The summed E-state index contributed by atoms with van der Waals surface area (Å²) in [6.07, 6.45) is 1.47. The van der Waals surface area contributed by atoms with Crippen LogP contribution in [0.2, 0.25) is 0 Å². The highest BCUT2D eigenvalue weighted by Gasteiger charge is 2.16. The van der Waals surface area contributed by atoms with Gasteiger partial charge in [0.25, 0.3) is 0 Å². The first-order valence-electron chi connectivity index (χ1n) is 8.77. The summed E-state index contributed by atoms with van der Waals surface area (Å²) in [4.78, 5) is 9.04. The third-order valence-electron chi connectivity index (χ3n) is 4.25. The molecule has 0 saturated carbocycles. The van der Waals surface area contributed by atoms with Crippen LogP contribution in [0.3, 0.4) is 0 Å². The number of fused-ring (bicyclic) bond motifs is 1. The summed E-state index contributed by atoms with van der Waals surface area (Å²) in [6, 6.07) is 11.8. The van der Waals surface area contributed by atoms with E-state index in [0.29, 0.717) is 28.0 Å². The van der Waals surface area contributed by atoms with E-state index < -0.39 is 0 Å². The van der Waals surface area contributed by atoms with Gasteiger partial charge in [-0.3, -0.25) is 0 Å². The largest absolute Gasteiger partial charge is 0.373 e. The maximum Gasteiger partial charge on any atom is 0.213 e. The van der Waals surface area contributed by atoms with Gasteiger partial charge in [-0.2, -0.15) is 15.0 Å². The lowest BCUT2D eigenvalue weighted by Crippen LogP contribution is -1.99. The molecular weight excluding hydrogens is 386 g/mol. The Morgan fingerprint density at radius 2 is 1.97 bits per heavy atom. The first-order chi connectivity index (χ1) is 14.1. The predicted octanol–water partition coefficient (Wildman–Crippen LogP) is 4.56. The first-order valence-corrected chi connectivity index (χ1v) is 9.59. The van der Waals surface area contributed by atoms with E-state index in [4.69, 9.17) is 0 Å². The molecule has 0 bridgehead atoms. The highest BCUT2D eigenvalue weighted by atomic mass is 32.1. The van der Waals surface area contributed by atoms with E-state index in [-0.39, 0.29) is 0 Å². The molecule has 144 valence electrons. The van der Waals surface area contributed by atoms with Gasteiger partial charge in [-0.05, 0) is 30.7 Å². The number of pyridine rings is 1. The van der Waals surface area contributed by atoms with Crippen molar-refractivity contribution < 1.29 is 0 Å². The Balaban J connectivity index is 1.80. The zero-order valence-corrected chi connectivity index (χ0v) is 16.8. The van der Waals surface area contributed by atoms with Gasteiger partial charge in [-0.25, -0.2) is 9.97 Å². The molecule has 0 fully saturated rings. The van der Waals surface area contributed by atoms with Gasteiger partial charge >= 0.3 is 0 Å². The number of nitriles is 1. The summed E-state index contributed by atoms with van der Waals surface area (Å²) < 4.78 is 2.57. The minimum absolute atomic E-state index is 0.316. The van der Waals surface area contributed by atoms with Crippen molar-refractivity contribution in [1.82, 2.24) is 19.7 Å². The van der Waals surface area contributed by atoms with Crippen molar-refractivity contribution in [3.05, 3.63) is 47.7 Å². The van der Waals surface area contributed by atoms with Gasteiger partial charge in [0.1, 0.15) is 23.1 Å². The van der Waals surface area contributed by atoms with Gasteiger partial charge in [-0.1, -0.05) is 23.5 Å². The Morgan fingerprint density at radius 1 is 1.14 bits per heavy atom. The number of para-hydroxylation sites is 1. The number of nitrogens with zero attached hydrogens (tertiary/aromatic N) is 7. The van der Waals surface area contributed by atoms with Crippen LogP contribution in [-0.4, -0.2) is 33.8 Å². The van der Waals surface area contributed by atoms with Crippen LogP contribution >= 0.6 is 11.3 Å². The Hall–Kier alpha value is -3.84. The molecule has 9 nitrogen and oxygen atoms in total. The molecule has 29 heavy (non-hydrogen) atoms. The second kappa shape index (κ2) is 7.65. The number of azo groups is 1. The lowest BCUT2D eigenvalue weighted by molar-refractivity contribution is 0.863. The summed E-state index contributed by atoms with van der Waals surface area (Å²) in [5, 5.41) is 29.2. The fourth-order valence-corrected chi connectivity index (χ4v) is 3.73. The van der Waals surface area contributed by atoms with E-state index in [1.165, 1.54) is 22.2 Å². The third-order valence-corrected chi connectivity index (χ3v) is 5.26. The second-order valence-corrected chi connectivity index (χ2v) is 7.10. The van der Waals surface area contributed by atoms with E-state index in [2.05, 4.69) is 42.0 Å². The number of rotatable bonds is 5. The van der Waals surface area contributed by atoms with Crippen LogP contribution in [-0.2, 0) is 0 Å². The van der Waals surface area contributed by atoms with Crippen LogP contribution < -0.4 is 10.6 Å². The summed E-state index contributed by atoms with van der Waals surface area (Å²) in [7, 11) is 3.57. The molecule has 0 aliphatic heterocycles. The van der Waals surface area contributed by atoms with Crippen LogP contribution in [0.4, 0.5) is 23.1 Å². The molecule has 0 radical (unpaired) electrons. The average molecular weight is 403 g/mol. The molecule has 0 amide bonds. The Labute approximate surface area is 170 Å². The lowest BCUT2D eigenvalue weighted by Gasteiger charge is -2.09. The number of thiazole rings is 1. The van der Waals surface area contributed by atoms with E-state index in [0.717, 1.165) is 21.6 Å². The summed E-state index contributed by atoms with van der Waals surface area (Å²) in [5.74, 6) is 1.64. The van der Waals surface area contributed by atoms with Crippen LogP contribution in [0.25, 0.3) is 15.3 Å². The summed E-state index contributed by atoms with van der Waals surface area (Å²) in [6.45, 7) is 1.92. The fourth-order valence-electron chi connectivity index (χ4n) is 2.80. The lowest BCUT2D eigenvalue weighted by atomic mass is 10.2. The van der Waals surface area contributed by atoms with Gasteiger partial charge in [-0.15, -0.1) is 10.2 Å². The van der Waals surface area contributed by atoms with Gasteiger partial charge in [0.15, 0.2) is 11.6 Å². The molecule has 4 rings (SSSR count). The van der Waals surface area contributed by atoms with E-state index in [1.807, 2.05) is 37.3 Å². The third kappa shape index (κ3) is 3.39. The highest BCUT2D eigenvalue weighted by Crippen LogP contribution is 2.33. The van der Waals surface area contributed by atoms with Gasteiger partial charge in [0.05, 0.1) is 16.4 Å². The molecule has 10 heteroatoms. The molecule has 3 aromatic heterocycles. The zero-order valence-electron chi connectivity index (χ0n) is 16.0. The number of aryl methyl sites for hydroxylation is 1. The van der Waals surface area contributed by atoms with Gasteiger partial charge in [0, 0.05) is 14.1 Å². The summed E-state index contributed by atoms with van der Waals surface area (Å²) >= 11 is 1.47. The van der Waals surface area contributed by atoms with Crippen molar-refractivity contribution in [2.75, 3.05) is 24.7 Å². The summed E-state index contributed by atoms with van der Waals surface area (Å²) in [5.41, 5.74) is 2.66. The molecule has 0 saturated heterocycles. The Bertz CT molecular complexity index is 1230. The predicted molar refractivity (Wildman–Crippen MR) is 114 cm³/mol. The Morgan fingerprint density at radius 3 is 2.69 bits per heavy atom. The molecule has 0 aliphatic carbocycles. The van der Waals surface area contributed by atoms with Crippen molar-refractivity contribution in [3.63, 3.8) is 0 Å². The normalized spacial score (nSPS) is 11.1. The zero-order chi connectivity index (χ0) is 20.4. The number of benzene rings is 1. The molecule has 0 spiro atoms. The van der Waals surface area contributed by atoms with Crippen molar-refractivity contribution in [3.8, 4) is 11.2 Å². The molecule has 1 aromatic carbocycles. The van der Waals surface area contributed by atoms with Crippen molar-refractivity contribution in [1.29, 1.82) is 5.26 Å². The van der Waals surface area contributed by atoms with E-state index in [9.17, 15) is 5.26 Å². The van der Waals surface area contributed by atoms with Crippen LogP contribution in [0.1, 0.15) is 11.1 Å². The molecule has 2 N–H and O–H groups in total. The molecule has 0 unspecified atom stereocenters. The molecule has 4 aromatic rings. The van der Waals surface area contributed by atoms with Gasteiger partial charge in [0.2, 0.25) is 5.13 Å². The maximum atomic E-state index is 9.48. The average Bonchev–Trinajstić information content (AvgIpc) is 3.35. The number of anilines is 2. The number of hydrogen-bond donors (Lipinski definition) is 2. The molecule has 3 heterocycles. The number of hydrogen-bond acceptors (Lipinski definition) is 9. The SMILES string of the molecule is CNc1cc(C)c(/N=N/c2c(C#N)cnn2-c2nc3ccccc3s2)c(NC)n1. The minimum Gasteiger partial charge on any atom is -0.373 e. The molecule has 0 atom stereocenters.